The summed E-state index contributed by atoms with van der Waals surface area (Å²) in [6.45, 7) is 1.99. The Bertz CT molecular complexity index is 983. The lowest BCUT2D eigenvalue weighted by atomic mass is 10.1. The molecule has 0 atom stereocenters. The smallest absolute Gasteiger partial charge is 0.257 e. The molecule has 0 aromatic heterocycles. The second-order valence-electron chi connectivity index (χ2n) is 6.22. The van der Waals surface area contributed by atoms with E-state index in [1.807, 2.05) is 24.3 Å². The zero-order valence-electron chi connectivity index (χ0n) is 15.4. The molecule has 1 N–H and O–H groups in total. The third-order valence-corrected chi connectivity index (χ3v) is 4.59. The first-order valence-electron chi connectivity index (χ1n) is 8.97. The number of hydrogen-bond acceptors (Lipinski definition) is 3. The summed E-state index contributed by atoms with van der Waals surface area (Å²) in [6, 6.07) is 21.2. The van der Waals surface area contributed by atoms with Crippen LogP contribution in [0.3, 0.4) is 0 Å². The Labute approximate surface area is 169 Å². The van der Waals surface area contributed by atoms with Crippen LogP contribution in [-0.4, -0.2) is 18.3 Å². The molecule has 3 aromatic rings. The largest absolute Gasteiger partial charge is 0.485 e. The van der Waals surface area contributed by atoms with Crippen molar-refractivity contribution in [1.82, 2.24) is 0 Å². The quantitative estimate of drug-likeness (QED) is 0.545. The van der Waals surface area contributed by atoms with E-state index in [2.05, 4.69) is 12.2 Å². The Hall–Kier alpha value is -3.11. The van der Waals surface area contributed by atoms with E-state index in [4.69, 9.17) is 16.3 Å². The molecule has 3 rings (SSSR count). The normalized spacial score (nSPS) is 10.4. The maximum absolute atomic E-state index is 12.4. The van der Waals surface area contributed by atoms with Crippen LogP contribution in [0.15, 0.2) is 72.8 Å². The summed E-state index contributed by atoms with van der Waals surface area (Å²) < 4.78 is 5.60. The van der Waals surface area contributed by atoms with Gasteiger partial charge in [-0.25, -0.2) is 0 Å². The minimum absolute atomic E-state index is 0.0760. The van der Waals surface area contributed by atoms with Gasteiger partial charge in [-0.05, 0) is 36.2 Å². The van der Waals surface area contributed by atoms with Gasteiger partial charge in [-0.2, -0.15) is 0 Å². The first-order chi connectivity index (χ1) is 13.6. The lowest BCUT2D eigenvalue weighted by Crippen LogP contribution is -2.13. The molecule has 0 saturated heterocycles. The van der Waals surface area contributed by atoms with E-state index in [9.17, 15) is 9.59 Å². The molecule has 0 aliphatic carbocycles. The standard InChI is InChI=1S/C23H20ClNO3/c1-2-16-10-12-17(13-11-16)22(26)15-28-19-7-5-6-18(14-19)25-23(27)20-8-3-4-9-21(20)24/h3-14H,2,15H2,1H3,(H,25,27). The number of aryl methyl sites for hydroxylation is 1. The fraction of sp³-hybridized carbons (Fsp3) is 0.130. The molecule has 0 fully saturated rings. The molecule has 0 saturated carbocycles. The van der Waals surface area contributed by atoms with Crippen molar-refractivity contribution >= 4 is 29.0 Å². The zero-order valence-corrected chi connectivity index (χ0v) is 16.2. The number of benzene rings is 3. The lowest BCUT2D eigenvalue weighted by molar-refractivity contribution is 0.0920. The van der Waals surface area contributed by atoms with E-state index in [-0.39, 0.29) is 18.3 Å². The number of halogens is 1. The second-order valence-corrected chi connectivity index (χ2v) is 6.63. The fourth-order valence-electron chi connectivity index (χ4n) is 2.67. The molecule has 0 bridgehead atoms. The number of ketones is 1. The highest BCUT2D eigenvalue weighted by Gasteiger charge is 2.11. The van der Waals surface area contributed by atoms with Gasteiger partial charge in [0.1, 0.15) is 5.75 Å². The highest BCUT2D eigenvalue weighted by atomic mass is 35.5. The molecule has 3 aromatic carbocycles. The van der Waals surface area contributed by atoms with E-state index in [0.717, 1.165) is 6.42 Å². The summed E-state index contributed by atoms with van der Waals surface area (Å²) in [4.78, 5) is 24.7. The number of nitrogens with one attached hydrogen (secondary N) is 1. The van der Waals surface area contributed by atoms with Crippen molar-refractivity contribution in [2.75, 3.05) is 11.9 Å². The minimum atomic E-state index is -0.310. The van der Waals surface area contributed by atoms with Gasteiger partial charge in [0.05, 0.1) is 10.6 Å². The van der Waals surface area contributed by atoms with Gasteiger partial charge in [0.25, 0.3) is 5.91 Å². The third kappa shape index (κ3) is 4.99. The minimum Gasteiger partial charge on any atom is -0.485 e. The number of carbonyl (C=O) groups is 2. The molecule has 0 unspecified atom stereocenters. The zero-order chi connectivity index (χ0) is 19.9. The first kappa shape index (κ1) is 19.6. The number of anilines is 1. The highest BCUT2D eigenvalue weighted by Crippen LogP contribution is 2.21. The van der Waals surface area contributed by atoms with Crippen molar-refractivity contribution < 1.29 is 14.3 Å². The topological polar surface area (TPSA) is 55.4 Å². The number of hydrogen-bond donors (Lipinski definition) is 1. The molecule has 1 amide bonds. The Morgan fingerprint density at radius 1 is 0.964 bits per heavy atom. The molecular formula is C23H20ClNO3. The molecule has 142 valence electrons. The molecule has 28 heavy (non-hydrogen) atoms. The number of amides is 1. The summed E-state index contributed by atoms with van der Waals surface area (Å²) in [5.41, 5.74) is 2.74. The van der Waals surface area contributed by atoms with Crippen molar-refractivity contribution in [2.45, 2.75) is 13.3 Å². The molecule has 0 aliphatic rings. The van der Waals surface area contributed by atoms with Crippen LogP contribution < -0.4 is 10.1 Å². The van der Waals surface area contributed by atoms with Crippen LogP contribution in [0.2, 0.25) is 5.02 Å². The average molecular weight is 394 g/mol. The van der Waals surface area contributed by atoms with Gasteiger partial charge < -0.3 is 10.1 Å². The first-order valence-corrected chi connectivity index (χ1v) is 9.35. The van der Waals surface area contributed by atoms with E-state index >= 15 is 0 Å². The molecular weight excluding hydrogens is 374 g/mol. The predicted molar refractivity (Wildman–Crippen MR) is 111 cm³/mol. The van der Waals surface area contributed by atoms with Crippen LogP contribution in [0.4, 0.5) is 5.69 Å². The average Bonchev–Trinajstić information content (AvgIpc) is 2.72. The lowest BCUT2D eigenvalue weighted by Gasteiger charge is -2.10. The van der Waals surface area contributed by atoms with Gasteiger partial charge in [0, 0.05) is 17.3 Å². The monoisotopic (exact) mass is 393 g/mol. The van der Waals surface area contributed by atoms with Gasteiger partial charge in [0.2, 0.25) is 0 Å². The van der Waals surface area contributed by atoms with Crippen molar-refractivity contribution in [3.05, 3.63) is 94.5 Å². The van der Waals surface area contributed by atoms with Crippen molar-refractivity contribution in [1.29, 1.82) is 0 Å². The van der Waals surface area contributed by atoms with Crippen LogP contribution in [0.5, 0.6) is 5.75 Å². The van der Waals surface area contributed by atoms with Gasteiger partial charge in [-0.1, -0.05) is 61.0 Å². The summed E-state index contributed by atoms with van der Waals surface area (Å²) in [5, 5.41) is 3.16. The van der Waals surface area contributed by atoms with E-state index < -0.39 is 0 Å². The maximum Gasteiger partial charge on any atom is 0.257 e. The van der Waals surface area contributed by atoms with Gasteiger partial charge in [-0.3, -0.25) is 9.59 Å². The molecule has 0 aliphatic heterocycles. The Kier molecular flexibility index (Phi) is 6.45. The SMILES string of the molecule is CCc1ccc(C(=O)COc2cccc(NC(=O)c3ccccc3Cl)c2)cc1. The molecule has 0 spiro atoms. The summed E-state index contributed by atoms with van der Waals surface area (Å²) in [6.07, 6.45) is 0.928. The molecule has 0 radical (unpaired) electrons. The van der Waals surface area contributed by atoms with Gasteiger partial charge in [-0.15, -0.1) is 0 Å². The number of rotatable bonds is 7. The summed E-state index contributed by atoms with van der Waals surface area (Å²) in [5.74, 6) is 0.0819. The predicted octanol–water partition coefficient (Wildman–Crippen LogP) is 5.42. The molecule has 0 heterocycles. The van der Waals surface area contributed by atoms with Crippen LogP contribution in [0, 0.1) is 0 Å². The van der Waals surface area contributed by atoms with Crippen LogP contribution in [0.25, 0.3) is 0 Å². The second kappa shape index (κ2) is 9.20. The highest BCUT2D eigenvalue weighted by molar-refractivity contribution is 6.34. The van der Waals surface area contributed by atoms with Crippen molar-refractivity contribution in [3.8, 4) is 5.75 Å². The van der Waals surface area contributed by atoms with Gasteiger partial charge >= 0.3 is 0 Å². The molecule has 5 heteroatoms. The number of carbonyl (C=O) groups excluding carboxylic acids is 2. The Morgan fingerprint density at radius 3 is 2.43 bits per heavy atom. The maximum atomic E-state index is 12.4. The van der Waals surface area contributed by atoms with Gasteiger partial charge in [0.15, 0.2) is 12.4 Å². The fourth-order valence-corrected chi connectivity index (χ4v) is 2.89. The van der Waals surface area contributed by atoms with Crippen LogP contribution in [0.1, 0.15) is 33.2 Å². The van der Waals surface area contributed by atoms with Crippen molar-refractivity contribution in [3.63, 3.8) is 0 Å². The van der Waals surface area contributed by atoms with E-state index in [0.29, 0.717) is 27.6 Å². The summed E-state index contributed by atoms with van der Waals surface area (Å²) >= 11 is 6.06. The van der Waals surface area contributed by atoms with Crippen LogP contribution >= 0.6 is 11.6 Å². The Morgan fingerprint density at radius 2 is 1.71 bits per heavy atom. The number of ether oxygens (including phenoxy) is 1. The van der Waals surface area contributed by atoms with Crippen LogP contribution in [-0.2, 0) is 6.42 Å². The Balaban J connectivity index is 1.62. The summed E-state index contributed by atoms with van der Waals surface area (Å²) in [7, 11) is 0. The third-order valence-electron chi connectivity index (χ3n) is 4.26. The van der Waals surface area contributed by atoms with Crippen molar-refractivity contribution in [2.24, 2.45) is 0 Å². The van der Waals surface area contributed by atoms with E-state index in [1.165, 1.54) is 5.56 Å². The number of Topliss-reactive ketones (excluding diaryl/α,β-unsaturated/α-hetero) is 1. The molecule has 4 nitrogen and oxygen atoms in total. The van der Waals surface area contributed by atoms with E-state index in [1.54, 1.807) is 48.5 Å².